The van der Waals surface area contributed by atoms with E-state index in [4.69, 9.17) is 9.72 Å². The number of hydrogen-bond donors (Lipinski definition) is 1. The number of rotatable bonds is 4. The molecule has 0 saturated heterocycles. The monoisotopic (exact) mass is 273 g/mol. The van der Waals surface area contributed by atoms with Gasteiger partial charge in [0, 0.05) is 31.8 Å². The average molecular weight is 273 g/mol. The fourth-order valence-corrected chi connectivity index (χ4v) is 2.47. The minimum Gasteiger partial charge on any atom is -0.376 e. The first kappa shape index (κ1) is 13.1. The van der Waals surface area contributed by atoms with E-state index in [1.54, 1.807) is 6.20 Å². The molecular formula is C14H19N5O. The Kier molecular flexibility index (Phi) is 3.64. The number of ether oxygens (including phenoxy) is 1. The second kappa shape index (κ2) is 5.58. The summed E-state index contributed by atoms with van der Waals surface area (Å²) in [4.78, 5) is 9.34. The highest BCUT2D eigenvalue weighted by Crippen LogP contribution is 2.25. The molecule has 0 bridgehead atoms. The molecule has 2 aromatic rings. The first-order valence-electron chi connectivity index (χ1n) is 7.01. The number of aromatic nitrogens is 4. The van der Waals surface area contributed by atoms with Crippen LogP contribution in [0, 0.1) is 0 Å². The van der Waals surface area contributed by atoms with Crippen LogP contribution >= 0.6 is 0 Å². The summed E-state index contributed by atoms with van der Waals surface area (Å²) < 4.78 is 7.45. The van der Waals surface area contributed by atoms with E-state index >= 15 is 0 Å². The van der Waals surface area contributed by atoms with Crippen LogP contribution in [0.3, 0.4) is 0 Å². The molecule has 0 atom stereocenters. The van der Waals surface area contributed by atoms with Gasteiger partial charge in [0.1, 0.15) is 11.5 Å². The van der Waals surface area contributed by atoms with Gasteiger partial charge in [0.15, 0.2) is 5.82 Å². The molecule has 0 saturated carbocycles. The van der Waals surface area contributed by atoms with Gasteiger partial charge < -0.3 is 10.1 Å². The van der Waals surface area contributed by atoms with Gasteiger partial charge in [-0.05, 0) is 12.5 Å². The largest absolute Gasteiger partial charge is 0.376 e. The Labute approximate surface area is 118 Å². The predicted octanol–water partition coefficient (Wildman–Crippen LogP) is 1.86. The molecule has 0 aromatic carbocycles. The molecule has 0 amide bonds. The lowest BCUT2D eigenvalue weighted by atomic mass is 10.1. The van der Waals surface area contributed by atoms with Crippen LogP contribution in [0.15, 0.2) is 12.3 Å². The van der Waals surface area contributed by atoms with Gasteiger partial charge in [-0.1, -0.05) is 6.92 Å². The zero-order valence-corrected chi connectivity index (χ0v) is 11.9. The van der Waals surface area contributed by atoms with Crippen LogP contribution in [0.2, 0.25) is 0 Å². The standard InChI is InChI=1S/C14H19N5O/c1-3-7-19-12(4-6-16-19)14-17-11-5-8-20-9-10(11)13(15-2)18-14/h4,6H,3,5,7-9H2,1-2H3,(H,15,17,18). The van der Waals surface area contributed by atoms with Crippen molar-refractivity contribution in [3.05, 3.63) is 23.5 Å². The van der Waals surface area contributed by atoms with Crippen LogP contribution in [0.25, 0.3) is 11.5 Å². The van der Waals surface area contributed by atoms with Gasteiger partial charge in [-0.15, -0.1) is 0 Å². The Hall–Kier alpha value is -1.95. The Morgan fingerprint density at radius 2 is 2.30 bits per heavy atom. The number of hydrogen-bond acceptors (Lipinski definition) is 5. The molecule has 0 spiro atoms. The van der Waals surface area contributed by atoms with Crippen molar-refractivity contribution >= 4 is 5.82 Å². The van der Waals surface area contributed by atoms with Gasteiger partial charge in [0.25, 0.3) is 0 Å². The summed E-state index contributed by atoms with van der Waals surface area (Å²) in [6.45, 7) is 4.32. The van der Waals surface area contributed by atoms with E-state index in [-0.39, 0.29) is 0 Å². The van der Waals surface area contributed by atoms with Crippen molar-refractivity contribution in [2.45, 2.75) is 32.9 Å². The van der Waals surface area contributed by atoms with Crippen LogP contribution in [0.4, 0.5) is 5.82 Å². The van der Waals surface area contributed by atoms with E-state index in [2.05, 4.69) is 22.3 Å². The van der Waals surface area contributed by atoms with Crippen molar-refractivity contribution in [1.82, 2.24) is 19.7 Å². The third-order valence-electron chi connectivity index (χ3n) is 3.44. The Balaban J connectivity index is 2.07. The van der Waals surface area contributed by atoms with Gasteiger partial charge in [-0.2, -0.15) is 5.10 Å². The highest BCUT2D eigenvalue weighted by atomic mass is 16.5. The van der Waals surface area contributed by atoms with Crippen LogP contribution in [0.5, 0.6) is 0 Å². The van der Waals surface area contributed by atoms with Crippen molar-refractivity contribution in [2.75, 3.05) is 19.0 Å². The van der Waals surface area contributed by atoms with Crippen molar-refractivity contribution in [3.63, 3.8) is 0 Å². The van der Waals surface area contributed by atoms with E-state index in [0.717, 1.165) is 54.6 Å². The quantitative estimate of drug-likeness (QED) is 0.921. The summed E-state index contributed by atoms with van der Waals surface area (Å²) >= 11 is 0. The third kappa shape index (κ3) is 2.27. The summed E-state index contributed by atoms with van der Waals surface area (Å²) in [6.07, 6.45) is 3.67. The lowest BCUT2D eigenvalue weighted by Gasteiger charge is -2.19. The van der Waals surface area contributed by atoms with E-state index in [1.165, 1.54) is 0 Å². The van der Waals surface area contributed by atoms with Gasteiger partial charge in [-0.25, -0.2) is 9.97 Å². The molecule has 0 radical (unpaired) electrons. The Morgan fingerprint density at radius 3 is 3.10 bits per heavy atom. The maximum Gasteiger partial charge on any atom is 0.180 e. The topological polar surface area (TPSA) is 64.9 Å². The van der Waals surface area contributed by atoms with Crippen molar-refractivity contribution in [2.24, 2.45) is 0 Å². The molecule has 1 aliphatic heterocycles. The van der Waals surface area contributed by atoms with Crippen LogP contribution in [-0.2, 0) is 24.3 Å². The highest BCUT2D eigenvalue weighted by molar-refractivity contribution is 5.57. The zero-order valence-electron chi connectivity index (χ0n) is 11.9. The molecule has 1 aliphatic rings. The second-order valence-corrected chi connectivity index (χ2v) is 4.81. The SMILES string of the molecule is CCCn1nccc1-c1nc2c(c(NC)n1)COCC2. The summed E-state index contributed by atoms with van der Waals surface area (Å²) in [6, 6.07) is 1.97. The minimum absolute atomic E-state index is 0.583. The minimum atomic E-state index is 0.583. The van der Waals surface area contributed by atoms with Crippen LogP contribution in [0.1, 0.15) is 24.6 Å². The normalized spacial score (nSPS) is 14.1. The molecule has 6 nitrogen and oxygen atoms in total. The predicted molar refractivity (Wildman–Crippen MR) is 76.5 cm³/mol. The van der Waals surface area contributed by atoms with E-state index in [9.17, 15) is 0 Å². The maximum atomic E-state index is 5.49. The number of anilines is 1. The first-order chi connectivity index (χ1) is 9.83. The molecule has 0 aliphatic carbocycles. The Bertz CT molecular complexity index is 590. The average Bonchev–Trinajstić information content (AvgIpc) is 2.95. The maximum absolute atomic E-state index is 5.49. The molecule has 20 heavy (non-hydrogen) atoms. The second-order valence-electron chi connectivity index (χ2n) is 4.81. The van der Waals surface area contributed by atoms with Gasteiger partial charge >= 0.3 is 0 Å². The van der Waals surface area contributed by atoms with E-state index < -0.39 is 0 Å². The molecule has 1 N–H and O–H groups in total. The molecule has 0 unspecified atom stereocenters. The van der Waals surface area contributed by atoms with E-state index in [1.807, 2.05) is 17.8 Å². The zero-order chi connectivity index (χ0) is 13.9. The van der Waals surface area contributed by atoms with Crippen LogP contribution in [-0.4, -0.2) is 33.4 Å². The van der Waals surface area contributed by atoms with E-state index in [0.29, 0.717) is 6.61 Å². The number of aryl methyl sites for hydroxylation is 1. The molecule has 6 heteroatoms. The lowest BCUT2D eigenvalue weighted by Crippen LogP contribution is -2.16. The van der Waals surface area contributed by atoms with Crippen molar-refractivity contribution in [1.29, 1.82) is 0 Å². The van der Waals surface area contributed by atoms with Crippen molar-refractivity contribution in [3.8, 4) is 11.5 Å². The Morgan fingerprint density at radius 1 is 1.40 bits per heavy atom. The highest BCUT2D eigenvalue weighted by Gasteiger charge is 2.19. The van der Waals surface area contributed by atoms with Crippen molar-refractivity contribution < 1.29 is 4.74 Å². The third-order valence-corrected chi connectivity index (χ3v) is 3.44. The molecule has 0 fully saturated rings. The summed E-state index contributed by atoms with van der Waals surface area (Å²) in [5.41, 5.74) is 3.12. The molecule has 3 heterocycles. The van der Waals surface area contributed by atoms with Crippen LogP contribution < -0.4 is 5.32 Å². The smallest absolute Gasteiger partial charge is 0.180 e. The fourth-order valence-electron chi connectivity index (χ4n) is 2.47. The first-order valence-corrected chi connectivity index (χ1v) is 7.01. The molecular weight excluding hydrogens is 254 g/mol. The number of nitrogens with zero attached hydrogens (tertiary/aromatic N) is 4. The lowest BCUT2D eigenvalue weighted by molar-refractivity contribution is 0.109. The molecule has 3 rings (SSSR count). The number of nitrogens with one attached hydrogen (secondary N) is 1. The van der Waals surface area contributed by atoms with Gasteiger partial charge in [-0.3, -0.25) is 4.68 Å². The molecule has 106 valence electrons. The summed E-state index contributed by atoms with van der Waals surface area (Å²) in [5, 5.41) is 7.49. The summed E-state index contributed by atoms with van der Waals surface area (Å²) in [5.74, 6) is 1.59. The number of fused-ring (bicyclic) bond motifs is 1. The fraction of sp³-hybridized carbons (Fsp3) is 0.500. The summed E-state index contributed by atoms with van der Waals surface area (Å²) in [7, 11) is 1.88. The van der Waals surface area contributed by atoms with Gasteiger partial charge in [0.2, 0.25) is 0 Å². The van der Waals surface area contributed by atoms with Gasteiger partial charge in [0.05, 0.1) is 18.9 Å². The molecule has 2 aromatic heterocycles.